The SMILES string of the molecule is O=c1[nH]c2cc(CN3CCCC3)cn2c2ccsc12. The first-order valence-corrected chi connectivity index (χ1v) is 7.52. The van der Waals surface area contributed by atoms with Crippen molar-refractivity contribution in [3.05, 3.63) is 39.6 Å². The molecule has 4 nitrogen and oxygen atoms in total. The number of likely N-dealkylation sites (tertiary alicyclic amines) is 1. The van der Waals surface area contributed by atoms with Crippen LogP contribution in [0.5, 0.6) is 0 Å². The zero-order valence-electron chi connectivity index (χ0n) is 10.6. The molecule has 4 rings (SSSR count). The van der Waals surface area contributed by atoms with E-state index in [9.17, 15) is 4.79 Å². The Morgan fingerprint density at radius 3 is 3.00 bits per heavy atom. The number of aromatic amines is 1. The molecule has 0 atom stereocenters. The molecule has 4 heterocycles. The van der Waals surface area contributed by atoms with Gasteiger partial charge < -0.3 is 9.38 Å². The Balaban J connectivity index is 1.83. The fourth-order valence-corrected chi connectivity index (χ4v) is 3.71. The van der Waals surface area contributed by atoms with Gasteiger partial charge in [-0.2, -0.15) is 0 Å². The summed E-state index contributed by atoms with van der Waals surface area (Å²) in [6.45, 7) is 3.36. The van der Waals surface area contributed by atoms with Gasteiger partial charge in [-0.3, -0.25) is 9.69 Å². The molecule has 1 aliphatic rings. The molecular weight excluding hydrogens is 258 g/mol. The van der Waals surface area contributed by atoms with Crippen molar-refractivity contribution in [3.8, 4) is 0 Å². The van der Waals surface area contributed by atoms with Crippen LogP contribution in [-0.4, -0.2) is 27.4 Å². The maximum atomic E-state index is 11.9. The third-order valence-electron chi connectivity index (χ3n) is 3.83. The third-order valence-corrected chi connectivity index (χ3v) is 4.74. The van der Waals surface area contributed by atoms with Crippen LogP contribution < -0.4 is 5.56 Å². The molecule has 19 heavy (non-hydrogen) atoms. The van der Waals surface area contributed by atoms with E-state index in [0.717, 1.165) is 22.4 Å². The van der Waals surface area contributed by atoms with Crippen LogP contribution in [0.4, 0.5) is 0 Å². The molecule has 1 aliphatic heterocycles. The van der Waals surface area contributed by atoms with Gasteiger partial charge in [-0.05, 0) is 49.0 Å². The summed E-state index contributed by atoms with van der Waals surface area (Å²) in [5.41, 5.74) is 3.20. The molecule has 3 aromatic rings. The molecule has 5 heteroatoms. The summed E-state index contributed by atoms with van der Waals surface area (Å²) in [5, 5.41) is 1.97. The summed E-state index contributed by atoms with van der Waals surface area (Å²) >= 11 is 1.50. The van der Waals surface area contributed by atoms with Gasteiger partial charge in [0.1, 0.15) is 10.3 Å². The first-order chi connectivity index (χ1) is 9.31. The predicted octanol–water partition coefficient (Wildman–Crippen LogP) is 2.44. The average molecular weight is 273 g/mol. The second-order valence-electron chi connectivity index (χ2n) is 5.18. The van der Waals surface area contributed by atoms with Gasteiger partial charge >= 0.3 is 0 Å². The molecule has 0 saturated carbocycles. The summed E-state index contributed by atoms with van der Waals surface area (Å²) in [5.74, 6) is 0. The number of nitrogens with one attached hydrogen (secondary N) is 1. The lowest BCUT2D eigenvalue weighted by atomic mass is 10.3. The second-order valence-corrected chi connectivity index (χ2v) is 6.09. The number of hydrogen-bond acceptors (Lipinski definition) is 3. The van der Waals surface area contributed by atoms with Crippen molar-refractivity contribution in [3.63, 3.8) is 0 Å². The minimum Gasteiger partial charge on any atom is -0.307 e. The van der Waals surface area contributed by atoms with Gasteiger partial charge in [-0.25, -0.2) is 0 Å². The Morgan fingerprint density at radius 1 is 1.32 bits per heavy atom. The molecule has 98 valence electrons. The molecule has 0 bridgehead atoms. The van der Waals surface area contributed by atoms with Crippen molar-refractivity contribution in [1.29, 1.82) is 0 Å². The normalized spacial score (nSPS) is 16.8. The highest BCUT2D eigenvalue weighted by atomic mass is 32.1. The molecule has 1 N–H and O–H groups in total. The van der Waals surface area contributed by atoms with E-state index < -0.39 is 0 Å². The lowest BCUT2D eigenvalue weighted by molar-refractivity contribution is 0.331. The van der Waals surface area contributed by atoms with Crippen LogP contribution in [0.3, 0.4) is 0 Å². The molecule has 0 unspecified atom stereocenters. The molecule has 0 amide bonds. The van der Waals surface area contributed by atoms with Crippen LogP contribution in [0.15, 0.2) is 28.5 Å². The molecule has 1 saturated heterocycles. The Hall–Kier alpha value is -1.59. The Morgan fingerprint density at radius 2 is 2.16 bits per heavy atom. The molecule has 0 aliphatic carbocycles. The van der Waals surface area contributed by atoms with E-state index >= 15 is 0 Å². The van der Waals surface area contributed by atoms with Crippen molar-refractivity contribution in [2.75, 3.05) is 13.1 Å². The van der Waals surface area contributed by atoms with E-state index in [1.54, 1.807) is 0 Å². The number of fused-ring (bicyclic) bond motifs is 3. The summed E-state index contributed by atoms with van der Waals surface area (Å²) in [6.07, 6.45) is 4.76. The molecule has 3 aromatic heterocycles. The lowest BCUT2D eigenvalue weighted by Gasteiger charge is -2.12. The van der Waals surface area contributed by atoms with Crippen LogP contribution in [0.25, 0.3) is 15.9 Å². The minimum atomic E-state index is 0.0170. The van der Waals surface area contributed by atoms with E-state index in [-0.39, 0.29) is 5.56 Å². The smallest absolute Gasteiger partial charge is 0.269 e. The van der Waals surface area contributed by atoms with Gasteiger partial charge in [0.25, 0.3) is 5.56 Å². The lowest BCUT2D eigenvalue weighted by Crippen LogP contribution is -2.17. The quantitative estimate of drug-likeness (QED) is 0.779. The highest BCUT2D eigenvalue weighted by Gasteiger charge is 2.14. The maximum Gasteiger partial charge on any atom is 0.269 e. The molecule has 0 radical (unpaired) electrons. The zero-order chi connectivity index (χ0) is 12.8. The number of thiophene rings is 1. The van der Waals surface area contributed by atoms with E-state index in [1.165, 1.54) is 42.8 Å². The Kier molecular flexibility index (Phi) is 2.50. The highest BCUT2D eigenvalue weighted by molar-refractivity contribution is 7.17. The van der Waals surface area contributed by atoms with E-state index in [1.807, 2.05) is 11.4 Å². The zero-order valence-corrected chi connectivity index (χ0v) is 11.4. The van der Waals surface area contributed by atoms with Crippen molar-refractivity contribution >= 4 is 27.2 Å². The number of H-pyrrole nitrogens is 1. The third kappa shape index (κ3) is 1.81. The fraction of sp³-hybridized carbons (Fsp3) is 0.357. The number of hydrogen-bond donors (Lipinski definition) is 1. The number of aromatic nitrogens is 2. The number of rotatable bonds is 2. The topological polar surface area (TPSA) is 40.5 Å². The molecule has 0 spiro atoms. The van der Waals surface area contributed by atoms with E-state index in [0.29, 0.717) is 0 Å². The first kappa shape index (κ1) is 11.3. The van der Waals surface area contributed by atoms with Crippen molar-refractivity contribution < 1.29 is 0 Å². The van der Waals surface area contributed by atoms with Crippen LogP contribution in [0, 0.1) is 0 Å². The van der Waals surface area contributed by atoms with Gasteiger partial charge in [-0.15, -0.1) is 11.3 Å². The Bertz CT molecular complexity index is 792. The second kappa shape index (κ2) is 4.21. The molecule has 0 aromatic carbocycles. The van der Waals surface area contributed by atoms with Crippen LogP contribution >= 0.6 is 11.3 Å². The fourth-order valence-electron chi connectivity index (χ4n) is 2.93. The monoisotopic (exact) mass is 273 g/mol. The predicted molar refractivity (Wildman–Crippen MR) is 77.9 cm³/mol. The van der Waals surface area contributed by atoms with Crippen molar-refractivity contribution in [1.82, 2.24) is 14.3 Å². The largest absolute Gasteiger partial charge is 0.307 e. The van der Waals surface area contributed by atoms with Gasteiger partial charge in [0.2, 0.25) is 0 Å². The maximum absolute atomic E-state index is 11.9. The Labute approximate surface area is 114 Å². The summed E-state index contributed by atoms with van der Waals surface area (Å²) in [7, 11) is 0. The van der Waals surface area contributed by atoms with Crippen LogP contribution in [0.2, 0.25) is 0 Å². The van der Waals surface area contributed by atoms with Crippen LogP contribution in [-0.2, 0) is 6.54 Å². The van der Waals surface area contributed by atoms with Gasteiger partial charge in [0.05, 0.1) is 5.52 Å². The summed E-state index contributed by atoms with van der Waals surface area (Å²) in [4.78, 5) is 17.4. The number of nitrogens with zero attached hydrogens (tertiary/aromatic N) is 2. The highest BCUT2D eigenvalue weighted by Crippen LogP contribution is 2.20. The van der Waals surface area contributed by atoms with Crippen molar-refractivity contribution in [2.24, 2.45) is 0 Å². The first-order valence-electron chi connectivity index (χ1n) is 6.64. The molecule has 1 fully saturated rings. The van der Waals surface area contributed by atoms with Gasteiger partial charge in [0, 0.05) is 12.7 Å². The summed E-state index contributed by atoms with van der Waals surface area (Å²) < 4.78 is 2.90. The van der Waals surface area contributed by atoms with Crippen LogP contribution in [0.1, 0.15) is 18.4 Å². The summed E-state index contributed by atoms with van der Waals surface area (Å²) in [6, 6.07) is 4.11. The van der Waals surface area contributed by atoms with E-state index in [2.05, 4.69) is 26.5 Å². The van der Waals surface area contributed by atoms with Gasteiger partial charge in [-0.1, -0.05) is 0 Å². The minimum absolute atomic E-state index is 0.0170. The average Bonchev–Trinajstić information content (AvgIpc) is 3.07. The van der Waals surface area contributed by atoms with E-state index in [4.69, 9.17) is 0 Å². The molecular formula is C14H15N3OS. The van der Waals surface area contributed by atoms with Gasteiger partial charge in [0.15, 0.2) is 0 Å². The standard InChI is InChI=1S/C14H15N3OS/c18-14-13-11(3-6-19-13)17-9-10(7-12(17)15-14)8-16-4-1-2-5-16/h3,6-7,9H,1-2,4-5,8H2,(H,15,18). The van der Waals surface area contributed by atoms with Crippen molar-refractivity contribution in [2.45, 2.75) is 19.4 Å².